The van der Waals surface area contributed by atoms with E-state index in [0.717, 1.165) is 17.4 Å². The minimum Gasteiger partial charge on any atom is -0.444 e. The number of rotatable bonds is 3. The Morgan fingerprint density at radius 1 is 1.28 bits per heavy atom. The molecule has 2 amide bonds. The standard InChI is InChI=1S/C16H17ClFN3O3S/c1-8-5-9(18)6-10(17)12(8)20-13(22)11-7-19-14(25-11)21-15(23)24-16(2,3)4/h5-7H,1-4H3,(H,20,22)(H,19,21,23). The van der Waals surface area contributed by atoms with Crippen LogP contribution in [0.2, 0.25) is 5.02 Å². The third kappa shape index (κ3) is 5.40. The van der Waals surface area contributed by atoms with Crippen molar-refractivity contribution in [2.24, 2.45) is 0 Å². The molecule has 1 aromatic heterocycles. The Balaban J connectivity index is 2.07. The quantitative estimate of drug-likeness (QED) is 0.791. The van der Waals surface area contributed by atoms with E-state index >= 15 is 0 Å². The fraction of sp³-hybridized carbons (Fsp3) is 0.312. The summed E-state index contributed by atoms with van der Waals surface area (Å²) >= 11 is 6.94. The summed E-state index contributed by atoms with van der Waals surface area (Å²) in [5, 5.41) is 5.40. The van der Waals surface area contributed by atoms with Crippen LogP contribution in [0, 0.1) is 12.7 Å². The van der Waals surface area contributed by atoms with E-state index in [1.165, 1.54) is 12.3 Å². The first-order valence-electron chi connectivity index (χ1n) is 7.28. The Morgan fingerprint density at radius 2 is 1.96 bits per heavy atom. The van der Waals surface area contributed by atoms with Gasteiger partial charge >= 0.3 is 6.09 Å². The molecule has 0 unspecified atom stereocenters. The Morgan fingerprint density at radius 3 is 2.56 bits per heavy atom. The molecule has 2 rings (SSSR count). The van der Waals surface area contributed by atoms with Crippen LogP contribution in [0.3, 0.4) is 0 Å². The molecule has 25 heavy (non-hydrogen) atoms. The molecule has 0 aliphatic heterocycles. The van der Waals surface area contributed by atoms with Crippen molar-refractivity contribution in [3.8, 4) is 0 Å². The van der Waals surface area contributed by atoms with E-state index in [0.29, 0.717) is 11.3 Å². The second-order valence-electron chi connectivity index (χ2n) is 6.19. The van der Waals surface area contributed by atoms with Crippen molar-refractivity contribution in [1.82, 2.24) is 4.98 Å². The van der Waals surface area contributed by atoms with Crippen LogP contribution in [0.1, 0.15) is 36.0 Å². The highest BCUT2D eigenvalue weighted by atomic mass is 35.5. The lowest BCUT2D eigenvalue weighted by molar-refractivity contribution is 0.0635. The largest absolute Gasteiger partial charge is 0.444 e. The lowest BCUT2D eigenvalue weighted by atomic mass is 10.2. The number of hydrogen-bond donors (Lipinski definition) is 2. The lowest BCUT2D eigenvalue weighted by Gasteiger charge is -2.18. The number of hydrogen-bond acceptors (Lipinski definition) is 5. The molecule has 1 heterocycles. The van der Waals surface area contributed by atoms with Gasteiger partial charge in [0.25, 0.3) is 5.91 Å². The molecule has 0 radical (unpaired) electrons. The molecule has 0 aliphatic rings. The number of thiazole rings is 1. The summed E-state index contributed by atoms with van der Waals surface area (Å²) in [7, 11) is 0. The van der Waals surface area contributed by atoms with Gasteiger partial charge in [-0.05, 0) is 45.4 Å². The average Bonchev–Trinajstić information content (AvgIpc) is 2.88. The highest BCUT2D eigenvalue weighted by molar-refractivity contribution is 7.17. The zero-order valence-electron chi connectivity index (χ0n) is 14.1. The van der Waals surface area contributed by atoms with E-state index < -0.39 is 23.4 Å². The first-order chi connectivity index (χ1) is 11.5. The molecule has 0 aliphatic carbocycles. The maximum atomic E-state index is 13.3. The fourth-order valence-corrected chi connectivity index (χ4v) is 2.86. The Bertz CT molecular complexity index is 794. The van der Waals surface area contributed by atoms with Gasteiger partial charge in [-0.25, -0.2) is 14.2 Å². The number of nitrogens with zero attached hydrogens (tertiary/aromatic N) is 1. The number of benzene rings is 1. The Hall–Kier alpha value is -2.19. The molecule has 2 aromatic rings. The second kappa shape index (κ2) is 7.37. The van der Waals surface area contributed by atoms with Crippen LogP contribution in [-0.4, -0.2) is 22.6 Å². The Labute approximate surface area is 153 Å². The maximum absolute atomic E-state index is 13.3. The molecule has 0 atom stereocenters. The van der Waals surface area contributed by atoms with Crippen LogP contribution in [0.4, 0.5) is 20.0 Å². The normalized spacial score (nSPS) is 11.1. The minimum atomic E-state index is -0.661. The van der Waals surface area contributed by atoms with Gasteiger partial charge in [0.15, 0.2) is 5.13 Å². The molecule has 2 N–H and O–H groups in total. The van der Waals surface area contributed by atoms with Crippen LogP contribution in [0.5, 0.6) is 0 Å². The molecule has 0 saturated heterocycles. The van der Waals surface area contributed by atoms with Gasteiger partial charge in [-0.3, -0.25) is 10.1 Å². The van der Waals surface area contributed by atoms with E-state index in [-0.39, 0.29) is 15.0 Å². The minimum absolute atomic E-state index is 0.0995. The van der Waals surface area contributed by atoms with Crippen LogP contribution in [0.15, 0.2) is 18.3 Å². The van der Waals surface area contributed by atoms with Gasteiger partial charge in [0.2, 0.25) is 0 Å². The second-order valence-corrected chi connectivity index (χ2v) is 7.63. The molecule has 9 heteroatoms. The van der Waals surface area contributed by atoms with Crippen molar-refractivity contribution in [1.29, 1.82) is 0 Å². The van der Waals surface area contributed by atoms with Crippen molar-refractivity contribution in [3.63, 3.8) is 0 Å². The number of ether oxygens (including phenoxy) is 1. The number of aromatic nitrogens is 1. The molecule has 1 aromatic carbocycles. The predicted octanol–water partition coefficient (Wildman–Crippen LogP) is 4.84. The summed E-state index contributed by atoms with van der Waals surface area (Å²) in [5.41, 5.74) is 0.177. The number of carbonyl (C=O) groups excluding carboxylic acids is 2. The molecule has 0 spiro atoms. The molecule has 0 fully saturated rings. The summed E-state index contributed by atoms with van der Waals surface area (Å²) in [5.74, 6) is -0.950. The molecule has 6 nitrogen and oxygen atoms in total. The first kappa shape index (κ1) is 19.1. The number of amides is 2. The highest BCUT2D eigenvalue weighted by Gasteiger charge is 2.19. The van der Waals surface area contributed by atoms with Crippen molar-refractivity contribution >= 4 is 45.8 Å². The van der Waals surface area contributed by atoms with Crippen LogP contribution in [0.25, 0.3) is 0 Å². The smallest absolute Gasteiger partial charge is 0.413 e. The van der Waals surface area contributed by atoms with Gasteiger partial charge in [0.1, 0.15) is 16.3 Å². The topological polar surface area (TPSA) is 80.3 Å². The van der Waals surface area contributed by atoms with Gasteiger partial charge in [-0.15, -0.1) is 0 Å². The van der Waals surface area contributed by atoms with Gasteiger partial charge < -0.3 is 10.1 Å². The summed E-state index contributed by atoms with van der Waals surface area (Å²) in [6, 6.07) is 2.38. The van der Waals surface area contributed by atoms with Gasteiger partial charge in [-0.2, -0.15) is 0 Å². The number of aryl methyl sites for hydroxylation is 1. The fourth-order valence-electron chi connectivity index (χ4n) is 1.86. The monoisotopic (exact) mass is 385 g/mol. The zero-order valence-corrected chi connectivity index (χ0v) is 15.6. The first-order valence-corrected chi connectivity index (χ1v) is 8.47. The summed E-state index contributed by atoms with van der Waals surface area (Å²) in [6.45, 7) is 6.85. The molecule has 0 saturated carbocycles. The van der Waals surface area contributed by atoms with Crippen molar-refractivity contribution < 1.29 is 18.7 Å². The van der Waals surface area contributed by atoms with E-state index in [2.05, 4.69) is 15.6 Å². The summed E-state index contributed by atoms with van der Waals surface area (Å²) < 4.78 is 18.4. The van der Waals surface area contributed by atoms with Gasteiger partial charge in [0.05, 0.1) is 16.9 Å². The van der Waals surface area contributed by atoms with Gasteiger partial charge in [0, 0.05) is 0 Å². The molecule has 0 bridgehead atoms. The molecular weight excluding hydrogens is 369 g/mol. The SMILES string of the molecule is Cc1cc(F)cc(Cl)c1NC(=O)c1cnc(NC(=O)OC(C)(C)C)s1. The van der Waals surface area contributed by atoms with E-state index in [4.69, 9.17) is 16.3 Å². The molecular formula is C16H17ClFN3O3S. The maximum Gasteiger partial charge on any atom is 0.413 e. The van der Waals surface area contributed by atoms with Crippen molar-refractivity contribution in [2.45, 2.75) is 33.3 Å². The Kier molecular flexibility index (Phi) is 5.64. The van der Waals surface area contributed by atoms with Gasteiger partial charge in [-0.1, -0.05) is 22.9 Å². The summed E-state index contributed by atoms with van der Waals surface area (Å²) in [4.78, 5) is 28.2. The number of carbonyl (C=O) groups is 2. The third-order valence-corrected chi connectivity index (χ3v) is 4.04. The highest BCUT2D eigenvalue weighted by Crippen LogP contribution is 2.28. The van der Waals surface area contributed by atoms with Crippen LogP contribution < -0.4 is 10.6 Å². The van der Waals surface area contributed by atoms with Crippen LogP contribution >= 0.6 is 22.9 Å². The number of halogens is 2. The predicted molar refractivity (Wildman–Crippen MR) is 96.1 cm³/mol. The van der Waals surface area contributed by atoms with E-state index in [1.54, 1.807) is 27.7 Å². The lowest BCUT2D eigenvalue weighted by Crippen LogP contribution is -2.27. The third-order valence-electron chi connectivity index (χ3n) is 2.83. The number of nitrogens with one attached hydrogen (secondary N) is 2. The van der Waals surface area contributed by atoms with Crippen LogP contribution in [-0.2, 0) is 4.74 Å². The summed E-state index contributed by atoms with van der Waals surface area (Å²) in [6.07, 6.45) is 0.658. The number of anilines is 2. The van der Waals surface area contributed by atoms with Crippen molar-refractivity contribution in [2.75, 3.05) is 10.6 Å². The van der Waals surface area contributed by atoms with E-state index in [1.807, 2.05) is 0 Å². The van der Waals surface area contributed by atoms with Crippen molar-refractivity contribution in [3.05, 3.63) is 39.6 Å². The zero-order chi connectivity index (χ0) is 18.8. The van der Waals surface area contributed by atoms with E-state index in [9.17, 15) is 14.0 Å². The average molecular weight is 386 g/mol. The molecule has 134 valence electrons.